The summed E-state index contributed by atoms with van der Waals surface area (Å²) in [6.45, 7) is 6.77. The van der Waals surface area contributed by atoms with Crippen molar-refractivity contribution in [2.24, 2.45) is 5.92 Å². The van der Waals surface area contributed by atoms with Crippen LogP contribution in [0.2, 0.25) is 0 Å². The van der Waals surface area contributed by atoms with Gasteiger partial charge in [0, 0.05) is 19.3 Å². The van der Waals surface area contributed by atoms with E-state index in [1.807, 2.05) is 12.4 Å². The van der Waals surface area contributed by atoms with Crippen LogP contribution in [0.4, 0.5) is 5.69 Å². The number of nitrogens with zero attached hydrogens (tertiary/aromatic N) is 2. The molecule has 1 aliphatic heterocycles. The summed E-state index contributed by atoms with van der Waals surface area (Å²) in [6.07, 6.45) is 5.18. The lowest BCUT2D eigenvalue weighted by molar-refractivity contribution is 0.659. The molecule has 0 radical (unpaired) electrons. The van der Waals surface area contributed by atoms with Gasteiger partial charge in [-0.3, -0.25) is 4.98 Å². The molecule has 13 heavy (non-hydrogen) atoms. The molecule has 0 amide bonds. The van der Waals surface area contributed by atoms with E-state index in [4.69, 9.17) is 0 Å². The molecular formula is C11H16N2. The molecule has 1 aromatic heterocycles. The van der Waals surface area contributed by atoms with Crippen molar-refractivity contribution < 1.29 is 0 Å². The molecule has 0 aromatic carbocycles. The SMILES string of the molecule is Cc1cncc(N2CCC(C)C2)c1. The average Bonchev–Trinajstić information content (AvgIpc) is 2.52. The molecule has 1 unspecified atom stereocenters. The largest absolute Gasteiger partial charge is 0.370 e. The van der Waals surface area contributed by atoms with Crippen LogP contribution in [-0.4, -0.2) is 18.1 Å². The fraction of sp³-hybridized carbons (Fsp3) is 0.545. The van der Waals surface area contributed by atoms with E-state index in [1.165, 1.54) is 30.8 Å². The Kier molecular flexibility index (Phi) is 2.21. The Morgan fingerprint density at radius 3 is 2.92 bits per heavy atom. The molecule has 2 nitrogen and oxygen atoms in total. The number of anilines is 1. The number of aromatic nitrogens is 1. The second-order valence-electron chi connectivity index (χ2n) is 4.06. The Balaban J connectivity index is 2.16. The highest BCUT2D eigenvalue weighted by Gasteiger charge is 2.18. The zero-order chi connectivity index (χ0) is 9.26. The van der Waals surface area contributed by atoms with Crippen molar-refractivity contribution in [2.45, 2.75) is 20.3 Å². The third-order valence-electron chi connectivity index (χ3n) is 2.65. The van der Waals surface area contributed by atoms with E-state index in [0.717, 1.165) is 5.92 Å². The first kappa shape index (κ1) is 8.54. The van der Waals surface area contributed by atoms with Gasteiger partial charge >= 0.3 is 0 Å². The van der Waals surface area contributed by atoms with Crippen molar-refractivity contribution in [3.63, 3.8) is 0 Å². The van der Waals surface area contributed by atoms with Gasteiger partial charge in [-0.2, -0.15) is 0 Å². The Labute approximate surface area is 79.6 Å². The highest BCUT2D eigenvalue weighted by Crippen LogP contribution is 2.22. The lowest BCUT2D eigenvalue weighted by Crippen LogP contribution is -2.19. The van der Waals surface area contributed by atoms with Crippen LogP contribution in [0.5, 0.6) is 0 Å². The predicted molar refractivity (Wildman–Crippen MR) is 55.0 cm³/mol. The number of hydrogen-bond donors (Lipinski definition) is 0. The molecule has 1 fully saturated rings. The van der Waals surface area contributed by atoms with Crippen molar-refractivity contribution in [2.75, 3.05) is 18.0 Å². The molecule has 70 valence electrons. The minimum Gasteiger partial charge on any atom is -0.370 e. The molecule has 0 N–H and O–H groups in total. The summed E-state index contributed by atoms with van der Waals surface area (Å²) < 4.78 is 0. The van der Waals surface area contributed by atoms with Crippen LogP contribution in [0.3, 0.4) is 0 Å². The van der Waals surface area contributed by atoms with E-state index in [0.29, 0.717) is 0 Å². The van der Waals surface area contributed by atoms with E-state index in [-0.39, 0.29) is 0 Å². The monoisotopic (exact) mass is 176 g/mol. The summed E-state index contributed by atoms with van der Waals surface area (Å²) in [4.78, 5) is 6.63. The normalized spacial score (nSPS) is 22.3. The Morgan fingerprint density at radius 2 is 2.31 bits per heavy atom. The molecule has 1 aromatic rings. The number of aryl methyl sites for hydroxylation is 1. The average molecular weight is 176 g/mol. The Morgan fingerprint density at radius 1 is 1.46 bits per heavy atom. The summed E-state index contributed by atoms with van der Waals surface area (Å²) in [6, 6.07) is 2.21. The van der Waals surface area contributed by atoms with Crippen LogP contribution in [-0.2, 0) is 0 Å². The molecule has 2 heteroatoms. The highest BCUT2D eigenvalue weighted by molar-refractivity contribution is 5.46. The minimum atomic E-state index is 0.834. The van der Waals surface area contributed by atoms with Crippen molar-refractivity contribution in [1.29, 1.82) is 0 Å². The van der Waals surface area contributed by atoms with E-state index in [1.54, 1.807) is 0 Å². The minimum absolute atomic E-state index is 0.834. The molecule has 2 heterocycles. The fourth-order valence-electron chi connectivity index (χ4n) is 1.88. The van der Waals surface area contributed by atoms with Gasteiger partial charge in [-0.25, -0.2) is 0 Å². The first-order valence-corrected chi connectivity index (χ1v) is 4.92. The summed E-state index contributed by atoms with van der Waals surface area (Å²) in [5, 5.41) is 0. The molecule has 2 rings (SSSR count). The second kappa shape index (κ2) is 3.36. The van der Waals surface area contributed by atoms with Gasteiger partial charge in [-0.15, -0.1) is 0 Å². The summed E-state index contributed by atoms with van der Waals surface area (Å²) in [7, 11) is 0. The van der Waals surface area contributed by atoms with Crippen LogP contribution in [0.1, 0.15) is 18.9 Å². The molecule has 0 spiro atoms. The van der Waals surface area contributed by atoms with Gasteiger partial charge in [0.25, 0.3) is 0 Å². The van der Waals surface area contributed by atoms with Gasteiger partial charge in [-0.05, 0) is 30.9 Å². The van der Waals surface area contributed by atoms with Gasteiger partial charge < -0.3 is 4.90 Å². The van der Waals surface area contributed by atoms with Gasteiger partial charge in [0.2, 0.25) is 0 Å². The van der Waals surface area contributed by atoms with Crippen molar-refractivity contribution >= 4 is 5.69 Å². The molecular weight excluding hydrogens is 160 g/mol. The topological polar surface area (TPSA) is 16.1 Å². The number of rotatable bonds is 1. The van der Waals surface area contributed by atoms with Gasteiger partial charge in [0.15, 0.2) is 0 Å². The van der Waals surface area contributed by atoms with Crippen molar-refractivity contribution in [1.82, 2.24) is 4.98 Å². The van der Waals surface area contributed by atoms with E-state index in [9.17, 15) is 0 Å². The van der Waals surface area contributed by atoms with Crippen LogP contribution < -0.4 is 4.90 Å². The lowest BCUT2D eigenvalue weighted by Gasteiger charge is -2.17. The zero-order valence-corrected chi connectivity index (χ0v) is 8.33. The summed E-state index contributed by atoms with van der Waals surface area (Å²) >= 11 is 0. The lowest BCUT2D eigenvalue weighted by atomic mass is 10.2. The van der Waals surface area contributed by atoms with Crippen LogP contribution in [0.15, 0.2) is 18.5 Å². The maximum absolute atomic E-state index is 4.21. The molecule has 0 aliphatic carbocycles. The second-order valence-corrected chi connectivity index (χ2v) is 4.06. The first-order chi connectivity index (χ1) is 6.25. The molecule has 1 aliphatic rings. The van der Waals surface area contributed by atoms with E-state index >= 15 is 0 Å². The van der Waals surface area contributed by atoms with E-state index in [2.05, 4.69) is 29.8 Å². The third kappa shape index (κ3) is 1.82. The highest BCUT2D eigenvalue weighted by atomic mass is 15.2. The quantitative estimate of drug-likeness (QED) is 0.652. The maximum atomic E-state index is 4.21. The van der Waals surface area contributed by atoms with Crippen LogP contribution >= 0.6 is 0 Å². The van der Waals surface area contributed by atoms with E-state index < -0.39 is 0 Å². The number of pyridine rings is 1. The van der Waals surface area contributed by atoms with Crippen LogP contribution in [0.25, 0.3) is 0 Å². The van der Waals surface area contributed by atoms with Gasteiger partial charge in [-0.1, -0.05) is 6.92 Å². The Hall–Kier alpha value is -1.05. The summed E-state index contributed by atoms with van der Waals surface area (Å²) in [5.41, 5.74) is 2.53. The molecule has 0 saturated carbocycles. The molecule has 0 bridgehead atoms. The standard InChI is InChI=1S/C11H16N2/c1-9-3-4-13(8-9)11-5-10(2)6-12-7-11/h5-7,9H,3-4,8H2,1-2H3. The van der Waals surface area contributed by atoms with Gasteiger partial charge in [0.05, 0.1) is 11.9 Å². The smallest absolute Gasteiger partial charge is 0.0555 e. The molecule has 1 saturated heterocycles. The third-order valence-corrected chi connectivity index (χ3v) is 2.65. The van der Waals surface area contributed by atoms with Crippen LogP contribution in [0, 0.1) is 12.8 Å². The zero-order valence-electron chi connectivity index (χ0n) is 8.33. The maximum Gasteiger partial charge on any atom is 0.0555 e. The van der Waals surface area contributed by atoms with Crippen molar-refractivity contribution in [3.05, 3.63) is 24.0 Å². The molecule has 1 atom stereocenters. The Bertz CT molecular complexity index is 296. The summed E-state index contributed by atoms with van der Waals surface area (Å²) in [5.74, 6) is 0.834. The van der Waals surface area contributed by atoms with Crippen molar-refractivity contribution in [3.8, 4) is 0 Å². The fourth-order valence-corrected chi connectivity index (χ4v) is 1.88. The number of hydrogen-bond acceptors (Lipinski definition) is 2. The predicted octanol–water partition coefficient (Wildman–Crippen LogP) is 2.24. The van der Waals surface area contributed by atoms with Gasteiger partial charge in [0.1, 0.15) is 0 Å². The first-order valence-electron chi connectivity index (χ1n) is 4.92.